The lowest BCUT2D eigenvalue weighted by Crippen LogP contribution is -2.49. The van der Waals surface area contributed by atoms with E-state index in [1.807, 2.05) is 32.9 Å². The normalized spacial score (nSPS) is 15.6. The summed E-state index contributed by atoms with van der Waals surface area (Å²) in [7, 11) is 0. The van der Waals surface area contributed by atoms with Crippen molar-refractivity contribution in [3.63, 3.8) is 0 Å². The molecule has 0 bridgehead atoms. The fourth-order valence-electron chi connectivity index (χ4n) is 5.56. The minimum absolute atomic E-state index is 0.00429. The highest BCUT2D eigenvalue weighted by molar-refractivity contribution is 5.87. The summed E-state index contributed by atoms with van der Waals surface area (Å²) in [5, 5.41) is 19.2. The SMILES string of the molecule is CCCCN(CCO)c1nc(N)nc2cn(Cc3ccc(CN[C@@H]4CCCN(C(=O)CN)C4)c4cccnc34)nc12. The average Bonchev–Trinajstić information content (AvgIpc) is 3.40. The average molecular weight is 561 g/mol. The van der Waals surface area contributed by atoms with Crippen LogP contribution in [0.15, 0.2) is 36.7 Å². The number of nitrogen functional groups attached to an aromatic ring is 1. The van der Waals surface area contributed by atoms with Crippen LogP contribution in [0.3, 0.4) is 0 Å². The highest BCUT2D eigenvalue weighted by Gasteiger charge is 2.23. The van der Waals surface area contributed by atoms with Gasteiger partial charge in [-0.3, -0.25) is 14.5 Å². The lowest BCUT2D eigenvalue weighted by atomic mass is 10.0. The van der Waals surface area contributed by atoms with E-state index in [0.29, 0.717) is 43.0 Å². The van der Waals surface area contributed by atoms with Gasteiger partial charge in [0, 0.05) is 50.3 Å². The van der Waals surface area contributed by atoms with Gasteiger partial charge in [0.1, 0.15) is 5.52 Å². The van der Waals surface area contributed by atoms with Crippen molar-refractivity contribution in [2.75, 3.05) is 50.0 Å². The Balaban J connectivity index is 1.38. The van der Waals surface area contributed by atoms with Crippen LogP contribution in [0.1, 0.15) is 43.7 Å². The van der Waals surface area contributed by atoms with E-state index in [1.54, 1.807) is 0 Å². The van der Waals surface area contributed by atoms with Gasteiger partial charge in [-0.25, -0.2) is 4.98 Å². The molecule has 0 saturated carbocycles. The van der Waals surface area contributed by atoms with Crippen molar-refractivity contribution in [1.82, 2.24) is 34.9 Å². The molecule has 1 aliphatic rings. The first-order valence-electron chi connectivity index (χ1n) is 14.4. The molecule has 12 nitrogen and oxygen atoms in total. The summed E-state index contributed by atoms with van der Waals surface area (Å²) < 4.78 is 1.85. The van der Waals surface area contributed by atoms with Gasteiger partial charge in [0.2, 0.25) is 11.9 Å². The van der Waals surface area contributed by atoms with Gasteiger partial charge < -0.3 is 31.7 Å². The number of fused-ring (bicyclic) bond motifs is 2. The van der Waals surface area contributed by atoms with Gasteiger partial charge >= 0.3 is 0 Å². The molecule has 1 aromatic carbocycles. The maximum atomic E-state index is 12.1. The standard InChI is InChI=1S/C29H40N10O2/c1-2-3-11-37(13-14-40)28-27-24(34-29(31)35-28)19-39(36-27)17-21-9-8-20(23-7-4-10-32-26(21)23)16-33-22-6-5-12-38(18-22)25(41)15-30/h4,7-10,19,22,33,40H,2-3,5-6,11-18,30H2,1H3,(H2,31,34)/t22-/m1/s1. The molecule has 4 aromatic rings. The Kier molecular flexibility index (Phi) is 9.22. The van der Waals surface area contributed by atoms with Gasteiger partial charge in [-0.2, -0.15) is 10.1 Å². The number of rotatable bonds is 12. The molecule has 1 saturated heterocycles. The van der Waals surface area contributed by atoms with Crippen LogP contribution >= 0.6 is 0 Å². The Bertz CT molecular complexity index is 1490. The van der Waals surface area contributed by atoms with E-state index in [0.717, 1.165) is 60.8 Å². The predicted molar refractivity (Wildman–Crippen MR) is 160 cm³/mol. The van der Waals surface area contributed by atoms with Crippen molar-refractivity contribution in [2.24, 2.45) is 5.73 Å². The van der Waals surface area contributed by atoms with E-state index in [9.17, 15) is 9.90 Å². The summed E-state index contributed by atoms with van der Waals surface area (Å²) in [5.41, 5.74) is 16.1. The van der Waals surface area contributed by atoms with Crippen LogP contribution < -0.4 is 21.7 Å². The summed E-state index contributed by atoms with van der Waals surface area (Å²) in [5.74, 6) is 0.834. The number of aliphatic hydroxyl groups excluding tert-OH is 1. The molecule has 1 fully saturated rings. The van der Waals surface area contributed by atoms with Crippen LogP contribution in [-0.4, -0.2) is 86.0 Å². The second kappa shape index (κ2) is 13.2. The van der Waals surface area contributed by atoms with Crippen molar-refractivity contribution < 1.29 is 9.90 Å². The third-order valence-corrected chi connectivity index (χ3v) is 7.67. The first kappa shape index (κ1) is 28.7. The second-order valence-corrected chi connectivity index (χ2v) is 10.6. The fourth-order valence-corrected chi connectivity index (χ4v) is 5.56. The number of nitrogens with zero attached hydrogens (tertiary/aromatic N) is 7. The van der Waals surface area contributed by atoms with Crippen molar-refractivity contribution in [3.8, 4) is 0 Å². The van der Waals surface area contributed by atoms with E-state index < -0.39 is 0 Å². The number of pyridine rings is 1. The van der Waals surface area contributed by atoms with Crippen molar-refractivity contribution >= 4 is 39.6 Å². The molecule has 0 radical (unpaired) electrons. The third-order valence-electron chi connectivity index (χ3n) is 7.67. The van der Waals surface area contributed by atoms with Gasteiger partial charge in [-0.05, 0) is 36.5 Å². The Labute approximate surface area is 239 Å². The molecule has 12 heteroatoms. The largest absolute Gasteiger partial charge is 0.395 e. The Hall–Kier alpha value is -3.87. The van der Waals surface area contributed by atoms with E-state index in [4.69, 9.17) is 21.5 Å². The first-order valence-corrected chi connectivity index (χ1v) is 14.4. The molecule has 218 valence electrons. The van der Waals surface area contributed by atoms with Crippen LogP contribution in [0.25, 0.3) is 21.9 Å². The number of benzene rings is 1. The third kappa shape index (κ3) is 6.55. The number of aliphatic hydroxyl groups is 1. The van der Waals surface area contributed by atoms with Crippen molar-refractivity contribution in [3.05, 3.63) is 47.8 Å². The molecule has 5 rings (SSSR count). The Morgan fingerprint density at radius 1 is 1.20 bits per heavy atom. The molecule has 0 unspecified atom stereocenters. The van der Waals surface area contributed by atoms with E-state index in [2.05, 4.69) is 40.4 Å². The van der Waals surface area contributed by atoms with Gasteiger partial charge in [-0.15, -0.1) is 0 Å². The molecule has 6 N–H and O–H groups in total. The van der Waals surface area contributed by atoms with Crippen LogP contribution in [0.4, 0.5) is 11.8 Å². The van der Waals surface area contributed by atoms with Crippen LogP contribution in [0, 0.1) is 0 Å². The van der Waals surface area contributed by atoms with Crippen LogP contribution in [0.2, 0.25) is 0 Å². The number of hydrogen-bond acceptors (Lipinski definition) is 10. The number of unbranched alkanes of at least 4 members (excludes halogenated alkanes) is 1. The maximum absolute atomic E-state index is 12.1. The number of carbonyl (C=O) groups excluding carboxylic acids is 1. The minimum Gasteiger partial charge on any atom is -0.395 e. The number of piperidine rings is 1. The van der Waals surface area contributed by atoms with Gasteiger partial charge in [0.05, 0.1) is 31.4 Å². The number of hydrogen-bond donors (Lipinski definition) is 4. The van der Waals surface area contributed by atoms with E-state index in [1.165, 1.54) is 0 Å². The summed E-state index contributed by atoms with van der Waals surface area (Å²) in [6.45, 7) is 6.04. The zero-order chi connectivity index (χ0) is 28.8. The smallest absolute Gasteiger partial charge is 0.236 e. The van der Waals surface area contributed by atoms with Crippen LogP contribution in [0.5, 0.6) is 0 Å². The molecule has 1 amide bonds. The van der Waals surface area contributed by atoms with Gasteiger partial charge in [0.25, 0.3) is 0 Å². The zero-order valence-electron chi connectivity index (χ0n) is 23.7. The topological polar surface area (TPSA) is 164 Å². The van der Waals surface area contributed by atoms with E-state index >= 15 is 0 Å². The number of anilines is 2. The summed E-state index contributed by atoms with van der Waals surface area (Å²) in [6, 6.07) is 8.52. The van der Waals surface area contributed by atoms with Gasteiger partial charge in [0.15, 0.2) is 11.3 Å². The molecule has 0 spiro atoms. The Morgan fingerprint density at radius 2 is 2.05 bits per heavy atom. The van der Waals surface area contributed by atoms with Crippen LogP contribution in [-0.2, 0) is 17.9 Å². The van der Waals surface area contributed by atoms with Crippen molar-refractivity contribution in [2.45, 2.75) is 51.7 Å². The lowest BCUT2D eigenvalue weighted by Gasteiger charge is -2.33. The van der Waals surface area contributed by atoms with Crippen molar-refractivity contribution in [1.29, 1.82) is 0 Å². The number of aromatic nitrogens is 5. The Morgan fingerprint density at radius 3 is 2.85 bits per heavy atom. The monoisotopic (exact) mass is 560 g/mol. The zero-order valence-corrected chi connectivity index (χ0v) is 23.7. The predicted octanol–water partition coefficient (Wildman–Crippen LogP) is 1.64. The molecule has 0 aliphatic carbocycles. The molecule has 4 heterocycles. The molecular weight excluding hydrogens is 520 g/mol. The molecule has 3 aromatic heterocycles. The maximum Gasteiger partial charge on any atom is 0.236 e. The quantitative estimate of drug-likeness (QED) is 0.200. The number of carbonyl (C=O) groups is 1. The highest BCUT2D eigenvalue weighted by Crippen LogP contribution is 2.26. The van der Waals surface area contributed by atoms with Gasteiger partial charge in [-0.1, -0.05) is 31.5 Å². The fraction of sp³-hybridized carbons (Fsp3) is 0.483. The minimum atomic E-state index is 0.00429. The summed E-state index contributed by atoms with van der Waals surface area (Å²) in [6.07, 6.45) is 7.69. The molecule has 1 atom stereocenters. The molecular formula is C29H40N10O2. The molecule has 41 heavy (non-hydrogen) atoms. The number of likely N-dealkylation sites (tertiary alicyclic amines) is 1. The molecule has 1 aliphatic heterocycles. The highest BCUT2D eigenvalue weighted by atomic mass is 16.3. The summed E-state index contributed by atoms with van der Waals surface area (Å²) in [4.78, 5) is 29.6. The lowest BCUT2D eigenvalue weighted by molar-refractivity contribution is -0.131. The number of nitrogens with one attached hydrogen (secondary N) is 1. The number of amides is 1. The second-order valence-electron chi connectivity index (χ2n) is 10.6. The summed E-state index contributed by atoms with van der Waals surface area (Å²) >= 11 is 0. The first-order chi connectivity index (χ1) is 20.0. The number of nitrogens with two attached hydrogens (primary N) is 2. The van der Waals surface area contributed by atoms with E-state index in [-0.39, 0.29) is 31.0 Å².